The van der Waals surface area contributed by atoms with Gasteiger partial charge in [-0.2, -0.15) is 26.3 Å². The Hall–Kier alpha value is -4.46. The Morgan fingerprint density at radius 1 is 0.884 bits per heavy atom. The lowest BCUT2D eigenvalue weighted by Crippen LogP contribution is -2.44. The number of piperidine rings is 1. The number of allylic oxidation sites excluding steroid dienone is 1. The number of amides is 1. The summed E-state index contributed by atoms with van der Waals surface area (Å²) in [5.74, 6) is -5.57. The summed E-state index contributed by atoms with van der Waals surface area (Å²) in [6.45, 7) is 3.66. The molecule has 2 aromatic carbocycles. The summed E-state index contributed by atoms with van der Waals surface area (Å²) in [5, 5.41) is 18.3. The van der Waals surface area contributed by atoms with Crippen LogP contribution >= 0.6 is 0 Å². The highest BCUT2D eigenvalue weighted by Gasteiger charge is 2.39. The van der Waals surface area contributed by atoms with Crippen LogP contribution in [0.1, 0.15) is 34.3 Å². The zero-order valence-corrected chi connectivity index (χ0v) is 22.5. The van der Waals surface area contributed by atoms with E-state index in [4.69, 9.17) is 19.8 Å². The molecule has 1 aliphatic heterocycles. The van der Waals surface area contributed by atoms with E-state index in [2.05, 4.69) is 51.6 Å². The molecular weight excluding hydrogens is 584 g/mol. The van der Waals surface area contributed by atoms with Gasteiger partial charge in [-0.15, -0.1) is 0 Å². The van der Waals surface area contributed by atoms with Crippen LogP contribution in [-0.2, 0) is 15.0 Å². The lowest BCUT2D eigenvalue weighted by molar-refractivity contribution is -0.193. The normalized spacial score (nSPS) is 15.5. The van der Waals surface area contributed by atoms with Gasteiger partial charge < -0.3 is 20.4 Å². The maximum atomic E-state index is 12.5. The van der Waals surface area contributed by atoms with E-state index in [0.717, 1.165) is 43.4 Å². The number of aromatic nitrogens is 1. The molecule has 1 amide bonds. The van der Waals surface area contributed by atoms with Crippen molar-refractivity contribution in [3.05, 3.63) is 83.6 Å². The minimum atomic E-state index is -5.08. The average Bonchev–Trinajstić information content (AvgIpc) is 3.31. The summed E-state index contributed by atoms with van der Waals surface area (Å²) in [6.07, 6.45) is -1.54. The summed E-state index contributed by atoms with van der Waals surface area (Å²) in [4.78, 5) is 37.1. The van der Waals surface area contributed by atoms with Gasteiger partial charge in [0, 0.05) is 30.1 Å². The van der Waals surface area contributed by atoms with Gasteiger partial charge in [-0.3, -0.25) is 9.78 Å². The number of halogens is 6. The monoisotopic (exact) mass is 611 g/mol. The number of nitrogens with zero attached hydrogens (tertiary/aromatic N) is 2. The van der Waals surface area contributed by atoms with E-state index < -0.39 is 24.3 Å². The fourth-order valence-corrected chi connectivity index (χ4v) is 4.67. The van der Waals surface area contributed by atoms with Crippen molar-refractivity contribution in [3.63, 3.8) is 0 Å². The Labute approximate surface area is 241 Å². The molecule has 1 spiro atoms. The predicted octanol–water partition coefficient (Wildman–Crippen LogP) is 5.29. The number of likely N-dealkylation sites (tertiary alicyclic amines) is 1. The first-order chi connectivity index (χ1) is 20.1. The minimum Gasteiger partial charge on any atom is -0.475 e. The summed E-state index contributed by atoms with van der Waals surface area (Å²) in [7, 11) is 0. The maximum Gasteiger partial charge on any atom is 0.490 e. The molecule has 1 saturated heterocycles. The quantitative estimate of drug-likeness (QED) is 0.343. The Balaban J connectivity index is 0.000000303. The number of aliphatic carboxylic acids is 2. The molecule has 0 saturated carbocycles. The number of hydrogen-bond donors (Lipinski definition) is 3. The number of carboxylic acids is 2. The minimum absolute atomic E-state index is 0.0515. The molecule has 3 aromatic rings. The molecule has 1 aliphatic carbocycles. The molecular formula is C29H27F6N3O5. The van der Waals surface area contributed by atoms with Crippen molar-refractivity contribution >= 4 is 34.8 Å². The molecule has 1 aromatic heterocycles. The smallest absolute Gasteiger partial charge is 0.475 e. The highest BCUT2D eigenvalue weighted by molar-refractivity contribution is 5.97. The molecule has 0 unspecified atom stereocenters. The molecule has 2 aliphatic rings. The van der Waals surface area contributed by atoms with E-state index >= 15 is 0 Å². The number of fused-ring (bicyclic) bond motifs is 3. The number of hydrogen-bond acceptors (Lipinski definition) is 5. The number of carbonyl (C=O) groups is 3. The molecule has 14 heteroatoms. The maximum absolute atomic E-state index is 12.5. The van der Waals surface area contributed by atoms with Crippen molar-refractivity contribution in [2.75, 3.05) is 26.2 Å². The van der Waals surface area contributed by atoms with Crippen molar-refractivity contribution in [2.45, 2.75) is 30.6 Å². The van der Waals surface area contributed by atoms with Crippen LogP contribution < -0.4 is 5.32 Å². The number of pyridine rings is 1. The van der Waals surface area contributed by atoms with Gasteiger partial charge in [0.2, 0.25) is 0 Å². The van der Waals surface area contributed by atoms with E-state index in [-0.39, 0.29) is 11.3 Å². The molecule has 5 rings (SSSR count). The fourth-order valence-electron chi connectivity index (χ4n) is 4.67. The topological polar surface area (TPSA) is 120 Å². The number of carbonyl (C=O) groups excluding carboxylic acids is 1. The van der Waals surface area contributed by atoms with E-state index in [1.807, 2.05) is 30.3 Å². The molecule has 0 atom stereocenters. The molecule has 230 valence electrons. The number of benzene rings is 2. The van der Waals surface area contributed by atoms with Crippen LogP contribution in [0.4, 0.5) is 26.3 Å². The highest BCUT2D eigenvalue weighted by Crippen LogP contribution is 2.43. The van der Waals surface area contributed by atoms with Gasteiger partial charge in [0.15, 0.2) is 0 Å². The van der Waals surface area contributed by atoms with Crippen molar-refractivity contribution in [2.24, 2.45) is 0 Å². The first kappa shape index (κ1) is 33.0. The van der Waals surface area contributed by atoms with Gasteiger partial charge in [-0.05, 0) is 49.2 Å². The van der Waals surface area contributed by atoms with Crippen LogP contribution in [0.3, 0.4) is 0 Å². The van der Waals surface area contributed by atoms with Crippen LogP contribution in [0, 0.1) is 0 Å². The van der Waals surface area contributed by atoms with Crippen LogP contribution in [0.15, 0.2) is 66.9 Å². The largest absolute Gasteiger partial charge is 0.490 e. The molecule has 3 N–H and O–H groups in total. The highest BCUT2D eigenvalue weighted by atomic mass is 19.4. The third kappa shape index (κ3) is 9.01. The van der Waals surface area contributed by atoms with Gasteiger partial charge in [-0.25, -0.2) is 9.59 Å². The number of rotatable bonds is 4. The van der Waals surface area contributed by atoms with Crippen LogP contribution in [0.2, 0.25) is 0 Å². The van der Waals surface area contributed by atoms with Crippen molar-refractivity contribution in [3.8, 4) is 0 Å². The number of para-hydroxylation sites is 1. The summed E-state index contributed by atoms with van der Waals surface area (Å²) >= 11 is 0. The zero-order chi connectivity index (χ0) is 31.8. The first-order valence-corrected chi connectivity index (χ1v) is 12.9. The van der Waals surface area contributed by atoms with E-state index in [0.29, 0.717) is 12.1 Å². The van der Waals surface area contributed by atoms with Gasteiger partial charge in [0.1, 0.15) is 0 Å². The standard InChI is InChI=1S/C25H25N3O.2C2HF3O2/c29-24(21-17-20-6-2-4-8-23(20)27-18-21)26-13-16-28-14-11-25(12-15-28)10-9-19-5-1-3-7-22(19)25;2*3-2(4,5)1(6)7/h1-10,17-18H,11-16H2,(H,26,29);2*(H,6,7). The van der Waals surface area contributed by atoms with Crippen molar-refractivity contribution in [1.29, 1.82) is 0 Å². The zero-order valence-electron chi connectivity index (χ0n) is 22.5. The SMILES string of the molecule is O=C(NCCN1CCC2(C=Cc3ccccc32)CC1)c1cnc2ccccc2c1.O=C(O)C(F)(F)F.O=C(O)C(F)(F)F. The third-order valence-corrected chi connectivity index (χ3v) is 6.88. The van der Waals surface area contributed by atoms with E-state index in [1.165, 1.54) is 11.1 Å². The second kappa shape index (κ2) is 13.7. The van der Waals surface area contributed by atoms with Gasteiger partial charge in [-0.1, -0.05) is 54.6 Å². The molecule has 43 heavy (non-hydrogen) atoms. The second-order valence-corrected chi connectivity index (χ2v) is 9.70. The predicted molar refractivity (Wildman–Crippen MR) is 144 cm³/mol. The molecule has 8 nitrogen and oxygen atoms in total. The first-order valence-electron chi connectivity index (χ1n) is 12.9. The molecule has 0 radical (unpaired) electrons. The Bertz CT molecular complexity index is 1460. The van der Waals surface area contributed by atoms with Crippen LogP contribution in [0.25, 0.3) is 17.0 Å². The van der Waals surface area contributed by atoms with Crippen molar-refractivity contribution < 1.29 is 50.9 Å². The third-order valence-electron chi connectivity index (χ3n) is 6.88. The molecule has 0 bridgehead atoms. The summed E-state index contributed by atoms with van der Waals surface area (Å²) < 4.78 is 63.5. The summed E-state index contributed by atoms with van der Waals surface area (Å²) in [6, 6.07) is 18.5. The van der Waals surface area contributed by atoms with Gasteiger partial charge in [0.25, 0.3) is 5.91 Å². The second-order valence-electron chi connectivity index (χ2n) is 9.70. The van der Waals surface area contributed by atoms with Crippen molar-refractivity contribution in [1.82, 2.24) is 15.2 Å². The van der Waals surface area contributed by atoms with E-state index in [9.17, 15) is 31.1 Å². The van der Waals surface area contributed by atoms with E-state index in [1.54, 1.807) is 6.20 Å². The van der Waals surface area contributed by atoms with Crippen LogP contribution in [-0.4, -0.2) is 76.5 Å². The fraction of sp³-hybridized carbons (Fsp3) is 0.310. The Kier molecular flexibility index (Phi) is 10.5. The number of carboxylic acid groups (broad SMARTS) is 2. The lowest BCUT2D eigenvalue weighted by atomic mass is 9.74. The van der Waals surface area contributed by atoms with Gasteiger partial charge >= 0.3 is 24.3 Å². The number of nitrogens with one attached hydrogen (secondary N) is 1. The Morgan fingerprint density at radius 2 is 1.44 bits per heavy atom. The number of alkyl halides is 6. The van der Waals surface area contributed by atoms with Gasteiger partial charge in [0.05, 0.1) is 11.1 Å². The lowest BCUT2D eigenvalue weighted by Gasteiger charge is -2.39. The molecule has 1 fully saturated rings. The average molecular weight is 612 g/mol. The Morgan fingerprint density at radius 3 is 2.05 bits per heavy atom. The molecule has 2 heterocycles. The van der Waals surface area contributed by atoms with Crippen LogP contribution in [0.5, 0.6) is 0 Å². The summed E-state index contributed by atoms with van der Waals surface area (Å²) in [5.41, 5.74) is 4.60.